The maximum atomic E-state index is 12.7. The van der Waals surface area contributed by atoms with Crippen molar-refractivity contribution in [2.75, 3.05) is 0 Å². The Hall–Kier alpha value is -2.05. The fourth-order valence-corrected chi connectivity index (χ4v) is 2.87. The molecular weight excluding hydrogens is 309 g/mol. The molecule has 1 aromatic carbocycles. The summed E-state index contributed by atoms with van der Waals surface area (Å²) in [6.07, 6.45) is -3.99. The molecule has 1 unspecified atom stereocenters. The number of hydrogen-bond donors (Lipinski definition) is 1. The fraction of sp³-hybridized carbons (Fsp3) is 0.500. The number of amides is 3. The molecule has 3 amide bonds. The second kappa shape index (κ2) is 5.86. The van der Waals surface area contributed by atoms with E-state index in [-0.39, 0.29) is 18.0 Å². The lowest BCUT2D eigenvalue weighted by molar-refractivity contribution is -0.137. The monoisotopic (exact) mass is 328 g/mol. The van der Waals surface area contributed by atoms with Gasteiger partial charge in [0.15, 0.2) is 0 Å². The van der Waals surface area contributed by atoms with Gasteiger partial charge in [0.1, 0.15) is 5.54 Å². The van der Waals surface area contributed by atoms with E-state index in [1.54, 1.807) is 6.92 Å². The van der Waals surface area contributed by atoms with E-state index in [2.05, 4.69) is 5.32 Å². The zero-order chi connectivity index (χ0) is 17.4. The largest absolute Gasteiger partial charge is 0.416 e. The molecule has 1 saturated heterocycles. The molecule has 1 aromatic rings. The Kier molecular flexibility index (Phi) is 4.41. The molecule has 0 saturated carbocycles. The number of urea groups is 1. The average Bonchev–Trinajstić information content (AvgIpc) is 2.61. The molecule has 1 atom stereocenters. The van der Waals surface area contributed by atoms with Crippen LogP contribution in [0, 0.1) is 5.92 Å². The molecule has 1 aliphatic rings. The van der Waals surface area contributed by atoms with Crippen LogP contribution in [0.3, 0.4) is 0 Å². The summed E-state index contributed by atoms with van der Waals surface area (Å²) in [6, 6.07) is 4.07. The van der Waals surface area contributed by atoms with E-state index in [1.807, 2.05) is 13.8 Å². The van der Waals surface area contributed by atoms with E-state index >= 15 is 0 Å². The zero-order valence-electron chi connectivity index (χ0n) is 13.2. The maximum absolute atomic E-state index is 12.7. The third-order valence-corrected chi connectivity index (χ3v) is 3.76. The number of nitrogens with zero attached hydrogens (tertiary/aromatic N) is 1. The van der Waals surface area contributed by atoms with Crippen LogP contribution in [-0.2, 0) is 17.5 Å². The number of carbonyl (C=O) groups is 2. The van der Waals surface area contributed by atoms with Gasteiger partial charge in [-0.25, -0.2) is 4.79 Å². The molecule has 1 N–H and O–H groups in total. The molecule has 126 valence electrons. The van der Waals surface area contributed by atoms with Crippen molar-refractivity contribution in [3.63, 3.8) is 0 Å². The standard InChI is InChI=1S/C16H19F3N2O2/c1-10(2)8-15(3)13(22)21(14(23)20-15)9-11-5-4-6-12(7-11)16(17,18)19/h4-7,10H,8-9H2,1-3H3,(H,20,23). The first kappa shape index (κ1) is 17.3. The number of nitrogens with one attached hydrogen (secondary N) is 1. The van der Waals surface area contributed by atoms with Crippen molar-refractivity contribution < 1.29 is 22.8 Å². The average molecular weight is 328 g/mol. The summed E-state index contributed by atoms with van der Waals surface area (Å²) >= 11 is 0. The molecule has 0 radical (unpaired) electrons. The lowest BCUT2D eigenvalue weighted by atomic mass is 9.91. The van der Waals surface area contributed by atoms with Crippen molar-refractivity contribution in [1.82, 2.24) is 10.2 Å². The van der Waals surface area contributed by atoms with Gasteiger partial charge in [0.25, 0.3) is 5.91 Å². The molecule has 0 bridgehead atoms. The van der Waals surface area contributed by atoms with Crippen LogP contribution in [0.1, 0.15) is 38.3 Å². The molecule has 1 heterocycles. The van der Waals surface area contributed by atoms with Crippen molar-refractivity contribution in [2.24, 2.45) is 5.92 Å². The van der Waals surface area contributed by atoms with Gasteiger partial charge in [0, 0.05) is 0 Å². The summed E-state index contributed by atoms with van der Waals surface area (Å²) < 4.78 is 38.2. The molecule has 4 nitrogen and oxygen atoms in total. The third-order valence-electron chi connectivity index (χ3n) is 3.76. The fourth-order valence-electron chi connectivity index (χ4n) is 2.87. The van der Waals surface area contributed by atoms with E-state index in [0.717, 1.165) is 17.0 Å². The van der Waals surface area contributed by atoms with Gasteiger partial charge >= 0.3 is 12.2 Å². The summed E-state index contributed by atoms with van der Waals surface area (Å²) in [4.78, 5) is 25.5. The first-order valence-corrected chi connectivity index (χ1v) is 7.33. The van der Waals surface area contributed by atoms with Crippen molar-refractivity contribution in [3.05, 3.63) is 35.4 Å². The smallest absolute Gasteiger partial charge is 0.323 e. The number of hydrogen-bond acceptors (Lipinski definition) is 2. The van der Waals surface area contributed by atoms with Gasteiger partial charge in [0.05, 0.1) is 12.1 Å². The van der Waals surface area contributed by atoms with Crippen molar-refractivity contribution in [2.45, 2.75) is 45.5 Å². The van der Waals surface area contributed by atoms with Crippen LogP contribution in [0.25, 0.3) is 0 Å². The Bertz CT molecular complexity index is 628. The Morgan fingerprint density at radius 1 is 1.26 bits per heavy atom. The quantitative estimate of drug-likeness (QED) is 0.859. The molecule has 0 spiro atoms. The van der Waals surface area contributed by atoms with E-state index in [9.17, 15) is 22.8 Å². The highest BCUT2D eigenvalue weighted by atomic mass is 19.4. The lowest BCUT2D eigenvalue weighted by Crippen LogP contribution is -2.44. The van der Waals surface area contributed by atoms with Crippen molar-refractivity contribution in [1.29, 1.82) is 0 Å². The second-order valence-corrected chi connectivity index (χ2v) is 6.45. The zero-order valence-corrected chi connectivity index (χ0v) is 13.2. The Balaban J connectivity index is 2.21. The van der Waals surface area contributed by atoms with E-state index in [4.69, 9.17) is 0 Å². The van der Waals surface area contributed by atoms with Gasteiger partial charge in [-0.15, -0.1) is 0 Å². The van der Waals surface area contributed by atoms with E-state index in [0.29, 0.717) is 6.42 Å². The number of halogens is 3. The SMILES string of the molecule is CC(C)CC1(C)NC(=O)N(Cc2cccc(C(F)(F)F)c2)C1=O. The van der Waals surface area contributed by atoms with Gasteiger partial charge in [0.2, 0.25) is 0 Å². The van der Waals surface area contributed by atoms with Crippen LogP contribution in [0.4, 0.5) is 18.0 Å². The molecule has 2 rings (SSSR count). The summed E-state index contributed by atoms with van der Waals surface area (Å²) in [7, 11) is 0. The minimum atomic E-state index is -4.46. The van der Waals surface area contributed by atoms with Crippen LogP contribution in [0.5, 0.6) is 0 Å². The molecule has 1 aliphatic heterocycles. The van der Waals surface area contributed by atoms with Gasteiger partial charge in [-0.1, -0.05) is 26.0 Å². The van der Waals surface area contributed by atoms with Gasteiger partial charge < -0.3 is 5.32 Å². The van der Waals surface area contributed by atoms with E-state index < -0.39 is 29.2 Å². The number of carbonyl (C=O) groups excluding carboxylic acids is 2. The minimum absolute atomic E-state index is 0.178. The topological polar surface area (TPSA) is 49.4 Å². The number of rotatable bonds is 4. The normalized spacial score (nSPS) is 22.0. The minimum Gasteiger partial charge on any atom is -0.323 e. The molecular formula is C16H19F3N2O2. The van der Waals surface area contributed by atoms with Crippen LogP contribution in [-0.4, -0.2) is 22.4 Å². The first-order chi connectivity index (χ1) is 10.5. The molecule has 0 aromatic heterocycles. The second-order valence-electron chi connectivity index (χ2n) is 6.45. The highest BCUT2D eigenvalue weighted by molar-refractivity contribution is 6.06. The summed E-state index contributed by atoms with van der Waals surface area (Å²) in [6.45, 7) is 5.32. The first-order valence-electron chi connectivity index (χ1n) is 7.33. The third kappa shape index (κ3) is 3.65. The van der Waals surface area contributed by atoms with Gasteiger partial charge in [-0.2, -0.15) is 13.2 Å². The molecule has 7 heteroatoms. The maximum Gasteiger partial charge on any atom is 0.416 e. The molecule has 1 fully saturated rings. The molecule has 23 heavy (non-hydrogen) atoms. The Morgan fingerprint density at radius 2 is 1.91 bits per heavy atom. The predicted octanol–water partition coefficient (Wildman–Crippen LogP) is 3.56. The number of alkyl halides is 3. The summed E-state index contributed by atoms with van der Waals surface area (Å²) in [5, 5.41) is 2.64. The highest BCUT2D eigenvalue weighted by Gasteiger charge is 2.47. The van der Waals surface area contributed by atoms with Gasteiger partial charge in [-0.3, -0.25) is 9.69 Å². The van der Waals surface area contributed by atoms with Gasteiger partial charge in [-0.05, 0) is 37.0 Å². The number of benzene rings is 1. The van der Waals surface area contributed by atoms with E-state index in [1.165, 1.54) is 12.1 Å². The Labute approximate surface area is 132 Å². The summed E-state index contributed by atoms with van der Waals surface area (Å²) in [5.41, 5.74) is -1.54. The highest BCUT2D eigenvalue weighted by Crippen LogP contribution is 2.31. The van der Waals surface area contributed by atoms with Crippen LogP contribution >= 0.6 is 0 Å². The number of imide groups is 1. The lowest BCUT2D eigenvalue weighted by Gasteiger charge is -2.23. The van der Waals surface area contributed by atoms with Crippen LogP contribution in [0.15, 0.2) is 24.3 Å². The van der Waals surface area contributed by atoms with Crippen LogP contribution in [0.2, 0.25) is 0 Å². The Morgan fingerprint density at radius 3 is 2.48 bits per heavy atom. The van der Waals surface area contributed by atoms with Crippen LogP contribution < -0.4 is 5.32 Å². The summed E-state index contributed by atoms with van der Waals surface area (Å²) in [5.74, 6) is -0.216. The van der Waals surface area contributed by atoms with Crippen molar-refractivity contribution >= 4 is 11.9 Å². The van der Waals surface area contributed by atoms with Crippen molar-refractivity contribution in [3.8, 4) is 0 Å². The molecule has 0 aliphatic carbocycles. The predicted molar refractivity (Wildman–Crippen MR) is 78.4 cm³/mol.